The Morgan fingerprint density at radius 3 is 2.64 bits per heavy atom. The van der Waals surface area contributed by atoms with Crippen molar-refractivity contribution < 1.29 is 17.9 Å². The van der Waals surface area contributed by atoms with E-state index in [4.69, 9.17) is 6.42 Å². The number of hydrogen-bond donors (Lipinski definition) is 0. The average Bonchev–Trinajstić information content (AvgIpc) is 2.09. The zero-order valence-electron chi connectivity index (χ0n) is 7.14. The van der Waals surface area contributed by atoms with Crippen LogP contribution < -0.4 is 4.74 Å². The lowest BCUT2D eigenvalue weighted by atomic mass is 10.1. The second-order valence-electron chi connectivity index (χ2n) is 2.51. The maximum atomic E-state index is 13.1. The van der Waals surface area contributed by atoms with Crippen LogP contribution in [0.5, 0.6) is 5.75 Å². The minimum atomic E-state index is -2.95. The van der Waals surface area contributed by atoms with Crippen LogP contribution in [0.3, 0.4) is 0 Å². The van der Waals surface area contributed by atoms with Crippen LogP contribution in [-0.2, 0) is 6.42 Å². The molecule has 0 amide bonds. The van der Waals surface area contributed by atoms with E-state index in [0.717, 1.165) is 6.07 Å². The van der Waals surface area contributed by atoms with E-state index in [9.17, 15) is 13.2 Å². The molecule has 1 aromatic carbocycles. The molecule has 0 unspecified atom stereocenters. The normalized spacial score (nSPS) is 9.93. The second-order valence-corrected chi connectivity index (χ2v) is 2.51. The maximum Gasteiger partial charge on any atom is 0.387 e. The van der Waals surface area contributed by atoms with Gasteiger partial charge in [-0.1, -0.05) is 6.07 Å². The summed E-state index contributed by atoms with van der Waals surface area (Å²) in [5.41, 5.74) is 0.286. The molecule has 0 atom stereocenters. The topological polar surface area (TPSA) is 9.23 Å². The van der Waals surface area contributed by atoms with Crippen LogP contribution in [0.25, 0.3) is 0 Å². The largest absolute Gasteiger partial charge is 0.435 e. The predicted molar refractivity (Wildman–Crippen MR) is 45.6 cm³/mol. The number of halogens is 3. The van der Waals surface area contributed by atoms with E-state index in [0.29, 0.717) is 0 Å². The summed E-state index contributed by atoms with van der Waals surface area (Å²) in [6, 6.07) is 3.47. The molecule has 0 N–H and O–H groups in total. The van der Waals surface area contributed by atoms with E-state index in [2.05, 4.69) is 10.7 Å². The Labute approximate surface area is 79.5 Å². The Bertz CT molecular complexity index is 355. The van der Waals surface area contributed by atoms with Crippen molar-refractivity contribution in [2.75, 3.05) is 0 Å². The first-order chi connectivity index (χ1) is 6.63. The van der Waals surface area contributed by atoms with Gasteiger partial charge in [-0.25, -0.2) is 4.39 Å². The molecule has 0 aliphatic rings. The Morgan fingerprint density at radius 2 is 2.14 bits per heavy atom. The van der Waals surface area contributed by atoms with Gasteiger partial charge in [0.15, 0.2) is 0 Å². The van der Waals surface area contributed by atoms with E-state index in [1.807, 2.05) is 0 Å². The van der Waals surface area contributed by atoms with Gasteiger partial charge in [0, 0.05) is 12.5 Å². The van der Waals surface area contributed by atoms with Crippen molar-refractivity contribution in [3.05, 3.63) is 29.6 Å². The molecule has 0 saturated heterocycles. The summed E-state index contributed by atoms with van der Waals surface area (Å²) in [6.07, 6.45) is 5.11. The van der Waals surface area contributed by atoms with Gasteiger partial charge < -0.3 is 4.74 Å². The SMILES string of the molecule is C#CCc1ccc(OC(F)F)cc1F. The van der Waals surface area contributed by atoms with Crippen molar-refractivity contribution in [1.82, 2.24) is 0 Å². The van der Waals surface area contributed by atoms with Gasteiger partial charge in [0.05, 0.1) is 0 Å². The number of ether oxygens (including phenoxy) is 1. The second kappa shape index (κ2) is 4.56. The summed E-state index contributed by atoms with van der Waals surface area (Å²) in [5, 5.41) is 0. The molecule has 1 nitrogen and oxygen atoms in total. The molecule has 14 heavy (non-hydrogen) atoms. The summed E-state index contributed by atoms with van der Waals surface area (Å²) in [5.74, 6) is 1.41. The number of benzene rings is 1. The minimum Gasteiger partial charge on any atom is -0.435 e. The molecule has 0 aliphatic heterocycles. The van der Waals surface area contributed by atoms with Crippen LogP contribution in [0.2, 0.25) is 0 Å². The number of hydrogen-bond acceptors (Lipinski definition) is 1. The minimum absolute atomic E-state index is 0.126. The maximum absolute atomic E-state index is 13.1. The van der Waals surface area contributed by atoms with Gasteiger partial charge in [-0.05, 0) is 11.6 Å². The van der Waals surface area contributed by atoms with Crippen molar-refractivity contribution >= 4 is 0 Å². The fourth-order valence-electron chi connectivity index (χ4n) is 0.958. The van der Waals surface area contributed by atoms with Crippen LogP contribution in [0, 0.1) is 18.2 Å². The van der Waals surface area contributed by atoms with Gasteiger partial charge in [-0.2, -0.15) is 8.78 Å². The lowest BCUT2D eigenvalue weighted by Crippen LogP contribution is -2.02. The van der Waals surface area contributed by atoms with Gasteiger partial charge >= 0.3 is 6.61 Å². The van der Waals surface area contributed by atoms with Crippen molar-refractivity contribution in [1.29, 1.82) is 0 Å². The molecular weight excluding hydrogens is 193 g/mol. The van der Waals surface area contributed by atoms with Gasteiger partial charge in [0.1, 0.15) is 11.6 Å². The molecule has 0 bridgehead atoms. The number of rotatable bonds is 3. The Kier molecular flexibility index (Phi) is 3.41. The lowest BCUT2D eigenvalue weighted by Gasteiger charge is -2.05. The quantitative estimate of drug-likeness (QED) is 0.681. The highest BCUT2D eigenvalue weighted by Crippen LogP contribution is 2.18. The highest BCUT2D eigenvalue weighted by molar-refractivity contribution is 5.30. The summed E-state index contributed by atoms with van der Waals surface area (Å²) < 4.78 is 40.5. The fourth-order valence-corrected chi connectivity index (χ4v) is 0.958. The highest BCUT2D eigenvalue weighted by atomic mass is 19.3. The first kappa shape index (κ1) is 10.5. The molecule has 0 aromatic heterocycles. The number of terminal acetylenes is 1. The van der Waals surface area contributed by atoms with Crippen LogP contribution in [-0.4, -0.2) is 6.61 Å². The molecule has 74 valence electrons. The third-order valence-corrected chi connectivity index (χ3v) is 1.54. The Morgan fingerprint density at radius 1 is 1.43 bits per heavy atom. The molecule has 0 heterocycles. The molecular formula is C10H7F3O. The van der Waals surface area contributed by atoms with E-state index in [1.54, 1.807) is 0 Å². The van der Waals surface area contributed by atoms with Gasteiger partial charge in [0.2, 0.25) is 0 Å². The van der Waals surface area contributed by atoms with E-state index < -0.39 is 12.4 Å². The van der Waals surface area contributed by atoms with Crippen LogP contribution >= 0.6 is 0 Å². The lowest BCUT2D eigenvalue weighted by molar-refractivity contribution is -0.0500. The third kappa shape index (κ3) is 2.70. The summed E-state index contributed by atoms with van der Waals surface area (Å²) in [7, 11) is 0. The van der Waals surface area contributed by atoms with Crippen molar-refractivity contribution in [2.24, 2.45) is 0 Å². The van der Waals surface area contributed by atoms with Crippen LogP contribution in [0.15, 0.2) is 18.2 Å². The smallest absolute Gasteiger partial charge is 0.387 e. The summed E-state index contributed by atoms with van der Waals surface area (Å²) in [4.78, 5) is 0. The molecule has 0 spiro atoms. The standard InChI is InChI=1S/C10H7F3O/c1-2-3-7-4-5-8(6-9(7)11)14-10(12)13/h1,4-6,10H,3H2. The summed E-state index contributed by atoms with van der Waals surface area (Å²) in [6.45, 7) is -2.95. The van der Waals surface area contributed by atoms with E-state index in [1.165, 1.54) is 12.1 Å². The van der Waals surface area contributed by atoms with Gasteiger partial charge in [0.25, 0.3) is 0 Å². The molecule has 4 heteroatoms. The Hall–Kier alpha value is -1.63. The molecule has 1 aromatic rings. The number of alkyl halides is 2. The van der Waals surface area contributed by atoms with E-state index in [-0.39, 0.29) is 17.7 Å². The Balaban J connectivity index is 2.84. The first-order valence-electron chi connectivity index (χ1n) is 3.80. The first-order valence-corrected chi connectivity index (χ1v) is 3.80. The van der Waals surface area contributed by atoms with Crippen molar-refractivity contribution in [2.45, 2.75) is 13.0 Å². The zero-order valence-corrected chi connectivity index (χ0v) is 7.14. The van der Waals surface area contributed by atoms with Crippen LogP contribution in [0.1, 0.15) is 5.56 Å². The van der Waals surface area contributed by atoms with Gasteiger partial charge in [-0.15, -0.1) is 12.3 Å². The highest BCUT2D eigenvalue weighted by Gasteiger charge is 2.07. The zero-order chi connectivity index (χ0) is 10.6. The third-order valence-electron chi connectivity index (χ3n) is 1.54. The average molecular weight is 200 g/mol. The molecule has 0 saturated carbocycles. The van der Waals surface area contributed by atoms with Crippen LogP contribution in [0.4, 0.5) is 13.2 Å². The van der Waals surface area contributed by atoms with Crippen molar-refractivity contribution in [3.8, 4) is 18.1 Å². The molecule has 1 rings (SSSR count). The van der Waals surface area contributed by atoms with E-state index >= 15 is 0 Å². The molecule has 0 aliphatic carbocycles. The predicted octanol–water partition coefficient (Wildman–Crippen LogP) is 2.60. The summed E-state index contributed by atoms with van der Waals surface area (Å²) >= 11 is 0. The molecule has 0 fully saturated rings. The fraction of sp³-hybridized carbons (Fsp3) is 0.200. The monoisotopic (exact) mass is 200 g/mol. The van der Waals surface area contributed by atoms with Gasteiger partial charge in [-0.3, -0.25) is 0 Å². The van der Waals surface area contributed by atoms with Crippen molar-refractivity contribution in [3.63, 3.8) is 0 Å². The molecule has 0 radical (unpaired) electrons.